The van der Waals surface area contributed by atoms with Crippen molar-refractivity contribution in [2.45, 2.75) is 13.8 Å². The van der Waals surface area contributed by atoms with Gasteiger partial charge < -0.3 is 0 Å². The van der Waals surface area contributed by atoms with Crippen molar-refractivity contribution in [1.82, 2.24) is 4.98 Å². The highest BCUT2D eigenvalue weighted by Crippen LogP contribution is 2.23. The predicted octanol–water partition coefficient (Wildman–Crippen LogP) is 3.40. The minimum Gasteiger partial charge on any atom is -0.294 e. The van der Waals surface area contributed by atoms with Crippen molar-refractivity contribution in [2.75, 3.05) is 0 Å². The number of hydrogen-bond donors (Lipinski definition) is 0. The van der Waals surface area contributed by atoms with E-state index in [0.717, 1.165) is 5.56 Å². The second kappa shape index (κ2) is 4.45. The van der Waals surface area contributed by atoms with Crippen LogP contribution in [-0.4, -0.2) is 10.8 Å². The van der Waals surface area contributed by atoms with Gasteiger partial charge in [0.05, 0.1) is 5.69 Å². The Morgan fingerprint density at radius 3 is 2.59 bits per heavy atom. The second-order valence-corrected chi connectivity index (χ2v) is 3.90. The average molecular weight is 229 g/mol. The van der Waals surface area contributed by atoms with Crippen LogP contribution < -0.4 is 0 Å². The van der Waals surface area contributed by atoms with Crippen LogP contribution in [0, 0.1) is 12.7 Å². The fourth-order valence-corrected chi connectivity index (χ4v) is 1.65. The summed E-state index contributed by atoms with van der Waals surface area (Å²) < 4.78 is 13.4. The van der Waals surface area contributed by atoms with Crippen molar-refractivity contribution in [3.63, 3.8) is 0 Å². The normalized spacial score (nSPS) is 10.3. The Labute approximate surface area is 99.1 Å². The number of halogens is 1. The largest absolute Gasteiger partial charge is 0.294 e. The third-order valence-corrected chi connectivity index (χ3v) is 2.71. The quantitative estimate of drug-likeness (QED) is 0.739. The van der Waals surface area contributed by atoms with Crippen LogP contribution in [0.15, 0.2) is 36.5 Å². The highest BCUT2D eigenvalue weighted by atomic mass is 19.1. The first-order chi connectivity index (χ1) is 8.09. The molecule has 2 rings (SSSR count). The molecule has 0 fully saturated rings. The molecule has 2 aromatic rings. The zero-order valence-corrected chi connectivity index (χ0v) is 9.70. The smallest absolute Gasteiger partial charge is 0.161 e. The maximum atomic E-state index is 13.4. The topological polar surface area (TPSA) is 30.0 Å². The number of pyridine rings is 1. The Balaban J connectivity index is 2.47. The van der Waals surface area contributed by atoms with Crippen molar-refractivity contribution in [3.05, 3.63) is 53.5 Å². The van der Waals surface area contributed by atoms with Crippen LogP contribution in [0.5, 0.6) is 0 Å². The van der Waals surface area contributed by atoms with Gasteiger partial charge in [0.2, 0.25) is 0 Å². The number of nitrogens with zero attached hydrogens (tertiary/aromatic N) is 1. The lowest BCUT2D eigenvalue weighted by Gasteiger charge is -2.06. The number of carbonyl (C=O) groups excluding carboxylic acids is 1. The van der Waals surface area contributed by atoms with E-state index in [1.54, 1.807) is 25.1 Å². The first kappa shape index (κ1) is 11.5. The van der Waals surface area contributed by atoms with Crippen LogP contribution in [0.25, 0.3) is 11.3 Å². The molecule has 0 aliphatic rings. The van der Waals surface area contributed by atoms with E-state index in [2.05, 4.69) is 4.98 Å². The van der Waals surface area contributed by atoms with Gasteiger partial charge in [0.25, 0.3) is 0 Å². The number of Topliss-reactive ketones (excluding diaryl/α,β-unsaturated/α-hetero) is 1. The summed E-state index contributed by atoms with van der Waals surface area (Å²) in [5.41, 5.74) is 2.55. The Morgan fingerprint density at radius 2 is 2.00 bits per heavy atom. The van der Waals surface area contributed by atoms with Crippen molar-refractivity contribution in [2.24, 2.45) is 0 Å². The van der Waals surface area contributed by atoms with Gasteiger partial charge in [-0.25, -0.2) is 4.39 Å². The van der Waals surface area contributed by atoms with Gasteiger partial charge in [-0.15, -0.1) is 0 Å². The fourth-order valence-electron chi connectivity index (χ4n) is 1.65. The molecule has 0 N–H and O–H groups in total. The molecule has 0 radical (unpaired) electrons. The van der Waals surface area contributed by atoms with Crippen LogP contribution in [0.1, 0.15) is 22.8 Å². The van der Waals surface area contributed by atoms with Crippen molar-refractivity contribution >= 4 is 5.78 Å². The molecule has 2 nitrogen and oxygen atoms in total. The summed E-state index contributed by atoms with van der Waals surface area (Å²) >= 11 is 0. The van der Waals surface area contributed by atoms with Gasteiger partial charge in [0.1, 0.15) is 5.82 Å². The van der Waals surface area contributed by atoms with Crippen LogP contribution in [0.4, 0.5) is 4.39 Å². The zero-order valence-electron chi connectivity index (χ0n) is 9.70. The minimum atomic E-state index is -0.250. The van der Waals surface area contributed by atoms with Gasteiger partial charge in [-0.05, 0) is 37.6 Å². The van der Waals surface area contributed by atoms with Gasteiger partial charge in [-0.1, -0.05) is 12.1 Å². The molecule has 86 valence electrons. The second-order valence-electron chi connectivity index (χ2n) is 3.90. The van der Waals surface area contributed by atoms with Gasteiger partial charge in [-0.2, -0.15) is 0 Å². The fraction of sp³-hybridized carbons (Fsp3) is 0.143. The minimum absolute atomic E-state index is 0.0278. The molecule has 1 aromatic heterocycles. The first-order valence-corrected chi connectivity index (χ1v) is 5.32. The molecule has 0 saturated carbocycles. The van der Waals surface area contributed by atoms with Gasteiger partial charge in [0, 0.05) is 17.3 Å². The molecule has 1 aromatic carbocycles. The first-order valence-electron chi connectivity index (χ1n) is 5.32. The number of ketones is 1. The van der Waals surface area contributed by atoms with Crippen LogP contribution in [-0.2, 0) is 0 Å². The molecule has 0 aliphatic carbocycles. The van der Waals surface area contributed by atoms with Gasteiger partial charge in [-0.3, -0.25) is 9.78 Å². The summed E-state index contributed by atoms with van der Waals surface area (Å²) in [4.78, 5) is 15.3. The number of carbonyl (C=O) groups is 1. The van der Waals surface area contributed by atoms with Crippen molar-refractivity contribution < 1.29 is 9.18 Å². The number of benzene rings is 1. The molecule has 0 bridgehead atoms. The Morgan fingerprint density at radius 1 is 1.24 bits per heavy atom. The van der Waals surface area contributed by atoms with Crippen LogP contribution in [0.3, 0.4) is 0 Å². The lowest BCUT2D eigenvalue weighted by atomic mass is 10.0. The maximum absolute atomic E-state index is 13.4. The summed E-state index contributed by atoms with van der Waals surface area (Å²) in [6, 6.07) is 8.32. The molecule has 0 unspecified atom stereocenters. The molecule has 0 spiro atoms. The predicted molar refractivity (Wildman–Crippen MR) is 64.4 cm³/mol. The summed E-state index contributed by atoms with van der Waals surface area (Å²) in [7, 11) is 0. The average Bonchev–Trinajstić information content (AvgIpc) is 2.33. The molecule has 3 heteroatoms. The summed E-state index contributed by atoms with van der Waals surface area (Å²) in [5, 5.41) is 0. The molecule has 17 heavy (non-hydrogen) atoms. The van der Waals surface area contributed by atoms with E-state index in [0.29, 0.717) is 16.8 Å². The highest BCUT2D eigenvalue weighted by molar-refractivity contribution is 5.93. The monoisotopic (exact) mass is 229 g/mol. The summed E-state index contributed by atoms with van der Waals surface area (Å²) in [6.07, 6.45) is 1.52. The summed E-state index contributed by atoms with van der Waals surface area (Å²) in [6.45, 7) is 3.20. The third-order valence-electron chi connectivity index (χ3n) is 2.71. The van der Waals surface area contributed by atoms with Crippen LogP contribution >= 0.6 is 0 Å². The van der Waals surface area contributed by atoms with Gasteiger partial charge in [0.15, 0.2) is 5.78 Å². The third kappa shape index (κ3) is 2.23. The van der Waals surface area contributed by atoms with Gasteiger partial charge >= 0.3 is 0 Å². The summed E-state index contributed by atoms with van der Waals surface area (Å²) in [5.74, 6) is -0.278. The maximum Gasteiger partial charge on any atom is 0.161 e. The van der Waals surface area contributed by atoms with E-state index in [4.69, 9.17) is 0 Å². The van der Waals surface area contributed by atoms with E-state index in [1.165, 1.54) is 19.2 Å². The van der Waals surface area contributed by atoms with Crippen molar-refractivity contribution in [1.29, 1.82) is 0 Å². The Hall–Kier alpha value is -2.03. The van der Waals surface area contributed by atoms with E-state index in [-0.39, 0.29) is 11.6 Å². The molecule has 0 saturated heterocycles. The molecule has 0 amide bonds. The van der Waals surface area contributed by atoms with E-state index in [9.17, 15) is 9.18 Å². The molecule has 0 aliphatic heterocycles. The van der Waals surface area contributed by atoms with Crippen molar-refractivity contribution in [3.8, 4) is 11.3 Å². The van der Waals surface area contributed by atoms with E-state index >= 15 is 0 Å². The van der Waals surface area contributed by atoms with E-state index < -0.39 is 0 Å². The zero-order chi connectivity index (χ0) is 12.4. The lowest BCUT2D eigenvalue weighted by molar-refractivity contribution is 0.101. The number of aromatic nitrogens is 1. The molecule has 1 heterocycles. The van der Waals surface area contributed by atoms with E-state index in [1.807, 2.05) is 6.07 Å². The molecular formula is C14H12FNO. The lowest BCUT2D eigenvalue weighted by Crippen LogP contribution is -1.95. The van der Waals surface area contributed by atoms with Crippen LogP contribution in [0.2, 0.25) is 0 Å². The Bertz CT molecular complexity index is 561. The number of hydrogen-bond acceptors (Lipinski definition) is 2. The standard InChI is InChI=1S/C14H12FNO/c1-9-12(4-3-5-13(9)15)14-7-6-11(8-16-14)10(2)17/h3-8H,1-2H3. The Kier molecular flexibility index (Phi) is 3.00. The number of rotatable bonds is 2. The highest BCUT2D eigenvalue weighted by Gasteiger charge is 2.07. The SMILES string of the molecule is CC(=O)c1ccc(-c2cccc(F)c2C)nc1. The molecule has 0 atom stereocenters. The molecular weight excluding hydrogens is 217 g/mol.